The van der Waals surface area contributed by atoms with Gasteiger partial charge in [-0.25, -0.2) is 4.98 Å². The number of nitrogens with one attached hydrogen (secondary N) is 1. The Morgan fingerprint density at radius 2 is 1.44 bits per heavy atom. The second-order valence-corrected chi connectivity index (χ2v) is 7.73. The van der Waals surface area contributed by atoms with Crippen molar-refractivity contribution in [1.82, 2.24) is 4.98 Å². The lowest BCUT2D eigenvalue weighted by atomic mass is 10.1. The fraction of sp³-hybridized carbons (Fsp3) is 0. The van der Waals surface area contributed by atoms with Crippen molar-refractivity contribution in [3.63, 3.8) is 0 Å². The molecule has 0 saturated carbocycles. The van der Waals surface area contributed by atoms with Crippen molar-refractivity contribution < 1.29 is 14.6 Å². The Kier molecular flexibility index (Phi) is 5.90. The number of hydrogen-bond acceptors (Lipinski definition) is 8. The van der Waals surface area contributed by atoms with E-state index >= 15 is 0 Å². The molecule has 0 fully saturated rings. The molecule has 0 atom stereocenters. The second-order valence-electron chi connectivity index (χ2n) is 7.73. The van der Waals surface area contributed by atoms with Crippen LogP contribution < -0.4 is 10.2 Å². The Labute approximate surface area is 203 Å². The minimum absolute atomic E-state index is 0.0925. The standard InChI is InChI=1S/C26H17N5O5/c32-30(33)18-11-14-25(24(15-18)31(34)35)36-19-12-9-17(10-13-19)16-27-29-26-20-5-1-3-7-22(20)28-23-8-4-2-6-21(23)26/h1-16H,(H,28,29)/b27-16+. The van der Waals surface area contributed by atoms with Crippen molar-refractivity contribution in [2.75, 3.05) is 5.43 Å². The third-order valence-electron chi connectivity index (χ3n) is 5.44. The van der Waals surface area contributed by atoms with Crippen LogP contribution in [0.4, 0.5) is 17.1 Å². The number of nitro benzene ring substituents is 2. The van der Waals surface area contributed by atoms with Gasteiger partial charge in [-0.3, -0.25) is 25.7 Å². The average Bonchev–Trinajstić information content (AvgIpc) is 2.89. The van der Waals surface area contributed by atoms with Gasteiger partial charge in [-0.05, 0) is 48.0 Å². The van der Waals surface area contributed by atoms with Gasteiger partial charge < -0.3 is 4.74 Å². The van der Waals surface area contributed by atoms with Crippen LogP contribution in [0.5, 0.6) is 11.5 Å². The number of nitro groups is 2. The molecule has 0 unspecified atom stereocenters. The summed E-state index contributed by atoms with van der Waals surface area (Å²) in [6, 6.07) is 25.6. The number of ether oxygens (including phenoxy) is 1. The van der Waals surface area contributed by atoms with E-state index in [0.29, 0.717) is 5.75 Å². The number of rotatable bonds is 7. The monoisotopic (exact) mass is 479 g/mol. The van der Waals surface area contributed by atoms with Crippen molar-refractivity contribution in [1.29, 1.82) is 0 Å². The van der Waals surface area contributed by atoms with Crippen molar-refractivity contribution in [2.24, 2.45) is 5.10 Å². The molecule has 10 heteroatoms. The predicted molar refractivity (Wildman–Crippen MR) is 137 cm³/mol. The first-order valence-electron chi connectivity index (χ1n) is 10.8. The van der Waals surface area contributed by atoms with Crippen molar-refractivity contribution in [3.8, 4) is 11.5 Å². The van der Waals surface area contributed by atoms with Gasteiger partial charge in [0.25, 0.3) is 5.69 Å². The molecular weight excluding hydrogens is 462 g/mol. The zero-order valence-electron chi connectivity index (χ0n) is 18.6. The largest absolute Gasteiger partial charge is 0.450 e. The maximum Gasteiger partial charge on any atom is 0.318 e. The minimum atomic E-state index is -0.721. The molecule has 5 aromatic rings. The molecule has 0 aliphatic rings. The molecule has 4 aromatic carbocycles. The zero-order valence-corrected chi connectivity index (χ0v) is 18.6. The molecule has 1 N–H and O–H groups in total. The molecule has 0 aliphatic carbocycles. The Bertz CT molecular complexity index is 1600. The van der Waals surface area contributed by atoms with Gasteiger partial charge >= 0.3 is 5.69 Å². The first kappa shape index (κ1) is 22.4. The van der Waals surface area contributed by atoms with Crippen LogP contribution in [-0.4, -0.2) is 21.0 Å². The highest BCUT2D eigenvalue weighted by Crippen LogP contribution is 2.34. The van der Waals surface area contributed by atoms with Crippen LogP contribution in [0.3, 0.4) is 0 Å². The molecule has 10 nitrogen and oxygen atoms in total. The third kappa shape index (κ3) is 4.50. The Morgan fingerprint density at radius 3 is 2.06 bits per heavy atom. The van der Waals surface area contributed by atoms with E-state index in [-0.39, 0.29) is 11.4 Å². The summed E-state index contributed by atoms with van der Waals surface area (Å²) in [5.74, 6) is 0.244. The van der Waals surface area contributed by atoms with Crippen LogP contribution in [0.2, 0.25) is 0 Å². The molecule has 0 radical (unpaired) electrons. The van der Waals surface area contributed by atoms with Crippen molar-refractivity contribution in [2.45, 2.75) is 0 Å². The highest BCUT2D eigenvalue weighted by Gasteiger charge is 2.21. The normalized spacial score (nSPS) is 11.1. The molecule has 176 valence electrons. The van der Waals surface area contributed by atoms with E-state index in [1.165, 1.54) is 6.07 Å². The van der Waals surface area contributed by atoms with E-state index in [1.54, 1.807) is 30.5 Å². The molecule has 0 amide bonds. The van der Waals surface area contributed by atoms with E-state index in [0.717, 1.165) is 45.2 Å². The quantitative estimate of drug-likeness (QED) is 0.123. The van der Waals surface area contributed by atoms with Crippen LogP contribution in [0.25, 0.3) is 21.8 Å². The van der Waals surface area contributed by atoms with Crippen molar-refractivity contribution in [3.05, 3.63) is 117 Å². The number of hydrogen-bond donors (Lipinski definition) is 1. The molecule has 36 heavy (non-hydrogen) atoms. The maximum atomic E-state index is 11.3. The summed E-state index contributed by atoms with van der Waals surface area (Å²) in [7, 11) is 0. The predicted octanol–water partition coefficient (Wildman–Crippen LogP) is 6.44. The summed E-state index contributed by atoms with van der Waals surface area (Å²) in [6.07, 6.45) is 1.64. The van der Waals surface area contributed by atoms with Gasteiger partial charge in [0.05, 0.1) is 38.8 Å². The first-order chi connectivity index (χ1) is 17.5. The summed E-state index contributed by atoms with van der Waals surface area (Å²) >= 11 is 0. The summed E-state index contributed by atoms with van der Waals surface area (Å²) in [5, 5.41) is 28.5. The van der Waals surface area contributed by atoms with Gasteiger partial charge in [0.1, 0.15) is 5.75 Å². The number of non-ortho nitro benzene ring substituents is 1. The van der Waals surface area contributed by atoms with E-state index < -0.39 is 15.5 Å². The molecule has 0 spiro atoms. The van der Waals surface area contributed by atoms with Gasteiger partial charge in [-0.15, -0.1) is 0 Å². The second kappa shape index (κ2) is 9.47. The Balaban J connectivity index is 1.36. The Morgan fingerprint density at radius 1 is 0.806 bits per heavy atom. The molecule has 1 aromatic heterocycles. The molecule has 0 saturated heterocycles. The van der Waals surface area contributed by atoms with Crippen LogP contribution in [-0.2, 0) is 0 Å². The van der Waals surface area contributed by atoms with Gasteiger partial charge in [0.2, 0.25) is 5.75 Å². The summed E-state index contributed by atoms with van der Waals surface area (Å²) in [4.78, 5) is 25.5. The summed E-state index contributed by atoms with van der Waals surface area (Å²) in [5.41, 5.74) is 5.58. The van der Waals surface area contributed by atoms with Crippen LogP contribution in [0.15, 0.2) is 96.1 Å². The van der Waals surface area contributed by atoms with E-state index in [1.807, 2.05) is 48.5 Å². The molecular formula is C26H17N5O5. The van der Waals surface area contributed by atoms with Crippen LogP contribution >= 0.6 is 0 Å². The lowest BCUT2D eigenvalue weighted by molar-refractivity contribution is -0.394. The Hall–Kier alpha value is -5.38. The van der Waals surface area contributed by atoms with Gasteiger partial charge in [0, 0.05) is 16.8 Å². The van der Waals surface area contributed by atoms with Gasteiger partial charge in [-0.2, -0.15) is 5.10 Å². The number of anilines is 1. The minimum Gasteiger partial charge on any atom is -0.450 e. The van der Waals surface area contributed by atoms with E-state index in [9.17, 15) is 20.2 Å². The van der Waals surface area contributed by atoms with Crippen LogP contribution in [0, 0.1) is 20.2 Å². The molecule has 0 bridgehead atoms. The SMILES string of the molecule is O=[N+]([O-])c1ccc(Oc2ccc(/C=N/Nc3c4ccccc4nc4ccccc34)cc2)c([N+](=O)[O-])c1. The third-order valence-corrected chi connectivity index (χ3v) is 5.44. The van der Waals surface area contributed by atoms with Gasteiger partial charge in [0.15, 0.2) is 0 Å². The number of hydrazone groups is 1. The number of fused-ring (bicyclic) bond motifs is 2. The highest BCUT2D eigenvalue weighted by atomic mass is 16.6. The van der Waals surface area contributed by atoms with E-state index in [2.05, 4.69) is 10.5 Å². The summed E-state index contributed by atoms with van der Waals surface area (Å²) < 4.78 is 5.60. The average molecular weight is 479 g/mol. The molecule has 1 heterocycles. The fourth-order valence-electron chi connectivity index (χ4n) is 3.73. The topological polar surface area (TPSA) is 133 Å². The lowest BCUT2D eigenvalue weighted by Gasteiger charge is -2.10. The smallest absolute Gasteiger partial charge is 0.318 e. The van der Waals surface area contributed by atoms with E-state index in [4.69, 9.17) is 9.72 Å². The first-order valence-corrected chi connectivity index (χ1v) is 10.8. The number of benzene rings is 4. The number of para-hydroxylation sites is 2. The molecule has 0 aliphatic heterocycles. The van der Waals surface area contributed by atoms with Crippen LogP contribution in [0.1, 0.15) is 5.56 Å². The fourth-order valence-corrected chi connectivity index (χ4v) is 3.73. The molecule has 5 rings (SSSR count). The summed E-state index contributed by atoms with van der Waals surface area (Å²) in [6.45, 7) is 0. The highest BCUT2D eigenvalue weighted by molar-refractivity contribution is 6.07. The van der Waals surface area contributed by atoms with Crippen molar-refractivity contribution >= 4 is 45.1 Å². The number of aromatic nitrogens is 1. The number of pyridine rings is 1. The van der Waals surface area contributed by atoms with Gasteiger partial charge in [-0.1, -0.05) is 36.4 Å². The lowest BCUT2D eigenvalue weighted by Crippen LogP contribution is -1.96. The zero-order chi connectivity index (χ0) is 25.1. The maximum absolute atomic E-state index is 11.3. The number of nitrogens with zero attached hydrogens (tertiary/aromatic N) is 4.